The highest BCUT2D eigenvalue weighted by Crippen LogP contribution is 2.38. The molecule has 0 saturated heterocycles. The maximum Gasteiger partial charge on any atom is 0.408 e. The average Bonchev–Trinajstić information content (AvgIpc) is 3.67. The molecule has 7 heteroatoms. The third-order valence-electron chi connectivity index (χ3n) is 7.32. The number of carbonyl (C=O) groups excluding carboxylic acids is 3. The van der Waals surface area contributed by atoms with Gasteiger partial charge >= 0.3 is 6.09 Å². The maximum atomic E-state index is 14.4. The second-order valence-corrected chi connectivity index (χ2v) is 12.0. The fourth-order valence-corrected chi connectivity index (χ4v) is 4.90. The van der Waals surface area contributed by atoms with Crippen LogP contribution in [0.3, 0.4) is 0 Å². The van der Waals surface area contributed by atoms with Crippen LogP contribution in [0, 0.1) is 33.6 Å². The van der Waals surface area contributed by atoms with E-state index in [2.05, 4.69) is 10.6 Å². The lowest BCUT2D eigenvalue weighted by Gasteiger charge is -2.37. The van der Waals surface area contributed by atoms with Gasteiger partial charge in [0, 0.05) is 11.7 Å². The number of hydrogen-bond acceptors (Lipinski definition) is 4. The molecule has 0 bridgehead atoms. The molecular weight excluding hydrogens is 490 g/mol. The Morgan fingerprint density at radius 3 is 2.13 bits per heavy atom. The molecular formula is C32H45N3O4. The smallest absolute Gasteiger partial charge is 0.408 e. The number of carbonyl (C=O) groups is 3. The van der Waals surface area contributed by atoms with Gasteiger partial charge in [0.05, 0.1) is 0 Å². The zero-order chi connectivity index (χ0) is 29.1. The predicted molar refractivity (Wildman–Crippen MR) is 156 cm³/mol. The van der Waals surface area contributed by atoms with Crippen LogP contribution in [0.1, 0.15) is 87.7 Å². The van der Waals surface area contributed by atoms with Crippen molar-refractivity contribution in [1.29, 1.82) is 0 Å². The summed E-state index contributed by atoms with van der Waals surface area (Å²) in [5.74, 6) is -0.688. The van der Waals surface area contributed by atoms with E-state index in [4.69, 9.17) is 4.74 Å². The normalized spacial score (nSPS) is 15.6. The number of aryl methyl sites for hydroxylation is 4. The molecule has 0 spiro atoms. The zero-order valence-corrected chi connectivity index (χ0v) is 25.0. The van der Waals surface area contributed by atoms with Crippen molar-refractivity contribution in [3.05, 3.63) is 64.2 Å². The van der Waals surface area contributed by atoms with E-state index < -0.39 is 23.8 Å². The Balaban J connectivity index is 2.07. The second-order valence-electron chi connectivity index (χ2n) is 12.0. The first-order chi connectivity index (χ1) is 18.2. The topological polar surface area (TPSA) is 87.7 Å². The number of nitrogens with zero attached hydrogens (tertiary/aromatic N) is 1. The van der Waals surface area contributed by atoms with Crippen LogP contribution in [-0.4, -0.2) is 40.5 Å². The van der Waals surface area contributed by atoms with Gasteiger partial charge in [-0.1, -0.05) is 62.2 Å². The molecule has 1 aliphatic rings. The lowest BCUT2D eigenvalue weighted by Crippen LogP contribution is -2.55. The quantitative estimate of drug-likeness (QED) is 0.382. The van der Waals surface area contributed by atoms with E-state index in [-0.39, 0.29) is 23.8 Å². The van der Waals surface area contributed by atoms with Gasteiger partial charge in [0.1, 0.15) is 17.7 Å². The Morgan fingerprint density at radius 1 is 1.00 bits per heavy atom. The number of nitrogens with one attached hydrogen (secondary N) is 2. The monoisotopic (exact) mass is 535 g/mol. The number of anilines is 1. The van der Waals surface area contributed by atoms with Crippen molar-refractivity contribution < 1.29 is 19.1 Å². The third kappa shape index (κ3) is 7.61. The van der Waals surface area contributed by atoms with E-state index in [0.29, 0.717) is 6.42 Å². The molecule has 2 aromatic rings. The van der Waals surface area contributed by atoms with Crippen LogP contribution in [0.5, 0.6) is 0 Å². The van der Waals surface area contributed by atoms with Crippen LogP contribution in [0.25, 0.3) is 0 Å². The van der Waals surface area contributed by atoms with Gasteiger partial charge in [-0.15, -0.1) is 0 Å². The van der Waals surface area contributed by atoms with E-state index in [1.807, 2.05) is 77.9 Å². The predicted octanol–water partition coefficient (Wildman–Crippen LogP) is 6.53. The summed E-state index contributed by atoms with van der Waals surface area (Å²) in [5.41, 5.74) is 4.77. The van der Waals surface area contributed by atoms with Crippen LogP contribution < -0.4 is 10.6 Å². The summed E-state index contributed by atoms with van der Waals surface area (Å²) < 4.78 is 5.50. The van der Waals surface area contributed by atoms with Gasteiger partial charge in [0.15, 0.2) is 0 Å². The summed E-state index contributed by atoms with van der Waals surface area (Å²) >= 11 is 0. The van der Waals surface area contributed by atoms with Crippen LogP contribution in [-0.2, 0) is 14.3 Å². The lowest BCUT2D eigenvalue weighted by molar-refractivity contribution is -0.142. The highest BCUT2D eigenvalue weighted by Gasteiger charge is 2.45. The first-order valence-electron chi connectivity index (χ1n) is 14.0. The fourth-order valence-electron chi connectivity index (χ4n) is 4.90. The molecule has 39 heavy (non-hydrogen) atoms. The number of ether oxygens (including phenoxy) is 1. The first kappa shape index (κ1) is 30.2. The molecule has 0 aliphatic heterocycles. The summed E-state index contributed by atoms with van der Waals surface area (Å²) in [5, 5.41) is 5.99. The van der Waals surface area contributed by atoms with Crippen molar-refractivity contribution in [1.82, 2.24) is 10.2 Å². The third-order valence-corrected chi connectivity index (χ3v) is 7.32. The standard InChI is InChI=1S/C32H45N3O4/c1-10-20(3)27(34-31(38)39-32(7,8)9)30(37)35(24-15-16-24)28(25-17-14-19(2)18-23(25)6)29(36)33-26-21(4)12-11-13-22(26)5/h11-14,17-18,20,24,27-28H,10,15-16H2,1-9H3,(H,33,36)(H,34,38). The molecule has 212 valence electrons. The lowest BCUT2D eigenvalue weighted by atomic mass is 9.93. The van der Waals surface area contributed by atoms with E-state index in [1.54, 1.807) is 25.7 Å². The van der Waals surface area contributed by atoms with Crippen molar-refractivity contribution in [2.24, 2.45) is 5.92 Å². The number of para-hydroxylation sites is 1. The number of amides is 3. The van der Waals surface area contributed by atoms with Crippen LogP contribution in [0.15, 0.2) is 36.4 Å². The number of benzene rings is 2. The van der Waals surface area contributed by atoms with Gasteiger partial charge in [-0.05, 0) is 89.5 Å². The van der Waals surface area contributed by atoms with Crippen molar-refractivity contribution in [3.8, 4) is 0 Å². The van der Waals surface area contributed by atoms with Crippen LogP contribution in [0.2, 0.25) is 0 Å². The summed E-state index contributed by atoms with van der Waals surface area (Å²) in [6, 6.07) is 10.1. The molecule has 3 amide bonds. The van der Waals surface area contributed by atoms with Crippen molar-refractivity contribution in [3.63, 3.8) is 0 Å². The molecule has 3 rings (SSSR count). The Hall–Kier alpha value is -3.35. The Labute approximate surface area is 233 Å². The highest BCUT2D eigenvalue weighted by atomic mass is 16.6. The van der Waals surface area contributed by atoms with E-state index in [9.17, 15) is 14.4 Å². The van der Waals surface area contributed by atoms with Crippen LogP contribution >= 0.6 is 0 Å². The van der Waals surface area contributed by atoms with Gasteiger partial charge in [0.25, 0.3) is 5.91 Å². The second kappa shape index (κ2) is 12.2. The van der Waals surface area contributed by atoms with Crippen molar-refractivity contribution in [2.45, 2.75) is 105 Å². The number of rotatable bonds is 9. The molecule has 1 aliphatic carbocycles. The Kier molecular flexibility index (Phi) is 9.47. The first-order valence-corrected chi connectivity index (χ1v) is 14.0. The summed E-state index contributed by atoms with van der Waals surface area (Å²) in [7, 11) is 0. The Morgan fingerprint density at radius 2 is 1.62 bits per heavy atom. The molecule has 2 N–H and O–H groups in total. The summed E-state index contributed by atoms with van der Waals surface area (Å²) in [6.45, 7) is 17.2. The van der Waals surface area contributed by atoms with Gasteiger partial charge in [-0.2, -0.15) is 0 Å². The summed E-state index contributed by atoms with van der Waals surface area (Å²) in [4.78, 5) is 43.1. The van der Waals surface area contributed by atoms with E-state index in [1.165, 1.54) is 0 Å². The highest BCUT2D eigenvalue weighted by molar-refractivity contribution is 6.00. The van der Waals surface area contributed by atoms with E-state index in [0.717, 1.165) is 46.3 Å². The Bertz CT molecular complexity index is 1190. The summed E-state index contributed by atoms with van der Waals surface area (Å²) in [6.07, 6.45) is 1.65. The van der Waals surface area contributed by atoms with Gasteiger partial charge < -0.3 is 20.3 Å². The maximum absolute atomic E-state index is 14.4. The molecule has 0 aromatic heterocycles. The van der Waals surface area contributed by atoms with Gasteiger partial charge in [-0.3, -0.25) is 9.59 Å². The molecule has 1 fully saturated rings. The number of hydrogen-bond donors (Lipinski definition) is 2. The minimum atomic E-state index is -0.850. The minimum absolute atomic E-state index is 0.0843. The molecule has 0 heterocycles. The molecule has 0 radical (unpaired) electrons. The molecule has 7 nitrogen and oxygen atoms in total. The average molecular weight is 536 g/mol. The fraction of sp³-hybridized carbons (Fsp3) is 0.531. The molecule has 2 aromatic carbocycles. The zero-order valence-electron chi connectivity index (χ0n) is 25.0. The molecule has 3 atom stereocenters. The molecule has 3 unspecified atom stereocenters. The SMILES string of the molecule is CCC(C)C(NC(=O)OC(C)(C)C)C(=O)N(C1CC1)C(C(=O)Nc1c(C)cccc1C)c1ccc(C)cc1C. The van der Waals surface area contributed by atoms with Crippen molar-refractivity contribution >= 4 is 23.6 Å². The van der Waals surface area contributed by atoms with E-state index >= 15 is 0 Å². The van der Waals surface area contributed by atoms with Crippen molar-refractivity contribution in [2.75, 3.05) is 5.32 Å². The van der Waals surface area contributed by atoms with Gasteiger partial charge in [0.2, 0.25) is 5.91 Å². The largest absolute Gasteiger partial charge is 0.444 e. The van der Waals surface area contributed by atoms with Gasteiger partial charge in [-0.25, -0.2) is 4.79 Å². The molecule has 1 saturated carbocycles. The van der Waals surface area contributed by atoms with Crippen LogP contribution in [0.4, 0.5) is 10.5 Å². The minimum Gasteiger partial charge on any atom is -0.444 e. The number of alkyl carbamates (subject to hydrolysis) is 1.